The van der Waals surface area contributed by atoms with Crippen molar-refractivity contribution >= 4 is 24.0 Å². The normalized spacial score (nSPS) is 10.3. The van der Waals surface area contributed by atoms with E-state index in [4.69, 9.17) is 0 Å². The Bertz CT molecular complexity index is 337. The molecule has 0 saturated carbocycles. The van der Waals surface area contributed by atoms with Gasteiger partial charge in [0.15, 0.2) is 0 Å². The van der Waals surface area contributed by atoms with Crippen LogP contribution in [0.3, 0.4) is 0 Å². The summed E-state index contributed by atoms with van der Waals surface area (Å²) in [5.41, 5.74) is 1.05. The van der Waals surface area contributed by atoms with Crippen LogP contribution in [0.15, 0.2) is 28.7 Å². The van der Waals surface area contributed by atoms with Crippen LogP contribution in [-0.2, 0) is 0 Å². The van der Waals surface area contributed by atoms with E-state index in [0.717, 1.165) is 15.7 Å². The highest BCUT2D eigenvalue weighted by Crippen LogP contribution is 2.22. The Morgan fingerprint density at radius 1 is 1.55 bits per heavy atom. The second-order valence-corrected chi connectivity index (χ2v) is 3.41. The molecule has 0 atom stereocenters. The Kier molecular flexibility index (Phi) is 1.71. The summed E-state index contributed by atoms with van der Waals surface area (Å²) >= 11 is 5.71. The van der Waals surface area contributed by atoms with Crippen molar-refractivity contribution in [2.24, 2.45) is 0 Å². The number of thiazole rings is 1. The Hall–Kier alpha value is -0.740. The highest BCUT2D eigenvalue weighted by atomic mass is 32.1. The van der Waals surface area contributed by atoms with Crippen molar-refractivity contribution < 1.29 is 0 Å². The highest BCUT2D eigenvalue weighted by molar-refractivity contribution is 7.80. The fourth-order valence-corrected chi connectivity index (χ4v) is 1.85. The summed E-state index contributed by atoms with van der Waals surface area (Å²) in [6.45, 7) is 0. The predicted molar refractivity (Wildman–Crippen MR) is 49.2 cm³/mol. The Balaban J connectivity index is 2.45. The lowest BCUT2D eigenvalue weighted by atomic mass is 10.5. The van der Waals surface area contributed by atoms with Gasteiger partial charge in [-0.05, 0) is 12.1 Å². The number of H-pyrrole nitrogens is 1. The number of nitrogens with zero attached hydrogens (tertiary/aromatic N) is 1. The lowest BCUT2D eigenvalue weighted by Crippen LogP contribution is -1.72. The van der Waals surface area contributed by atoms with E-state index in [2.05, 4.69) is 22.6 Å². The van der Waals surface area contributed by atoms with E-state index >= 15 is 0 Å². The van der Waals surface area contributed by atoms with Gasteiger partial charge in [-0.15, -0.1) is 24.0 Å². The fraction of sp³-hybridized carbons (Fsp3) is 0. The van der Waals surface area contributed by atoms with Crippen LogP contribution in [0.4, 0.5) is 0 Å². The maximum Gasteiger partial charge on any atom is 0.140 e. The summed E-state index contributed by atoms with van der Waals surface area (Å²) in [7, 11) is 0. The first-order valence-electron chi connectivity index (χ1n) is 3.14. The summed E-state index contributed by atoms with van der Waals surface area (Å²) in [6, 6.07) is 3.95. The molecule has 0 bridgehead atoms. The molecule has 2 aromatic heterocycles. The molecule has 2 nitrogen and oxygen atoms in total. The molecule has 2 rings (SSSR count). The zero-order valence-corrected chi connectivity index (χ0v) is 7.32. The van der Waals surface area contributed by atoms with Crippen molar-refractivity contribution in [1.29, 1.82) is 0 Å². The van der Waals surface area contributed by atoms with Crippen LogP contribution < -0.4 is 0 Å². The zero-order chi connectivity index (χ0) is 7.68. The van der Waals surface area contributed by atoms with E-state index in [0.29, 0.717) is 0 Å². The standard InChI is InChI=1S/C7H6N2S2/c10-6-4-11-7(9-6)5-2-1-3-8-5/h1-4,8,10H. The lowest BCUT2D eigenvalue weighted by molar-refractivity contribution is 1.20. The largest absolute Gasteiger partial charge is 0.359 e. The molecule has 56 valence electrons. The minimum Gasteiger partial charge on any atom is -0.359 e. The summed E-state index contributed by atoms with van der Waals surface area (Å²) in [4.78, 5) is 7.29. The maximum atomic E-state index is 4.20. The van der Waals surface area contributed by atoms with Gasteiger partial charge in [-0.3, -0.25) is 0 Å². The quantitative estimate of drug-likeness (QED) is 0.651. The van der Waals surface area contributed by atoms with Gasteiger partial charge in [0.05, 0.1) is 5.69 Å². The molecule has 0 unspecified atom stereocenters. The van der Waals surface area contributed by atoms with E-state index in [1.54, 1.807) is 11.3 Å². The van der Waals surface area contributed by atoms with Gasteiger partial charge in [-0.1, -0.05) is 0 Å². The number of thiol groups is 1. The third-order valence-electron chi connectivity index (χ3n) is 1.32. The minimum absolute atomic E-state index is 0.777. The summed E-state index contributed by atoms with van der Waals surface area (Å²) in [6.07, 6.45) is 1.88. The number of aromatic amines is 1. The van der Waals surface area contributed by atoms with Gasteiger partial charge >= 0.3 is 0 Å². The van der Waals surface area contributed by atoms with E-state index < -0.39 is 0 Å². The third-order valence-corrected chi connectivity index (χ3v) is 2.60. The maximum absolute atomic E-state index is 4.20. The second-order valence-electron chi connectivity index (χ2n) is 2.09. The van der Waals surface area contributed by atoms with Crippen LogP contribution in [0.1, 0.15) is 0 Å². The van der Waals surface area contributed by atoms with Crippen LogP contribution >= 0.6 is 24.0 Å². The molecule has 0 aliphatic heterocycles. The molecule has 0 aliphatic carbocycles. The zero-order valence-electron chi connectivity index (χ0n) is 5.61. The monoisotopic (exact) mass is 182 g/mol. The van der Waals surface area contributed by atoms with Gasteiger partial charge in [0.25, 0.3) is 0 Å². The van der Waals surface area contributed by atoms with Gasteiger partial charge in [-0.25, -0.2) is 4.98 Å². The Morgan fingerprint density at radius 3 is 3.00 bits per heavy atom. The van der Waals surface area contributed by atoms with Crippen LogP contribution in [0.25, 0.3) is 10.7 Å². The number of hydrogen-bond donors (Lipinski definition) is 2. The lowest BCUT2D eigenvalue weighted by Gasteiger charge is -1.86. The van der Waals surface area contributed by atoms with Crippen molar-refractivity contribution in [2.75, 3.05) is 0 Å². The smallest absolute Gasteiger partial charge is 0.140 e. The van der Waals surface area contributed by atoms with Gasteiger partial charge in [0, 0.05) is 11.6 Å². The molecule has 0 spiro atoms. The SMILES string of the molecule is Sc1csc(-c2ccc[nH]2)n1. The molecule has 2 heterocycles. The van der Waals surface area contributed by atoms with E-state index in [1.807, 2.05) is 23.7 Å². The van der Waals surface area contributed by atoms with Crippen molar-refractivity contribution in [3.05, 3.63) is 23.7 Å². The van der Waals surface area contributed by atoms with E-state index in [-0.39, 0.29) is 0 Å². The van der Waals surface area contributed by atoms with Crippen molar-refractivity contribution in [2.45, 2.75) is 5.03 Å². The average Bonchev–Trinajstić information content (AvgIpc) is 2.55. The first kappa shape index (κ1) is 6.94. The van der Waals surface area contributed by atoms with Gasteiger partial charge in [-0.2, -0.15) is 0 Å². The molecular formula is C7H6N2S2. The molecule has 0 aliphatic rings. The minimum atomic E-state index is 0.777. The van der Waals surface area contributed by atoms with E-state index in [9.17, 15) is 0 Å². The molecular weight excluding hydrogens is 176 g/mol. The summed E-state index contributed by atoms with van der Waals surface area (Å²) in [5.74, 6) is 0. The summed E-state index contributed by atoms with van der Waals surface area (Å²) < 4.78 is 0. The van der Waals surface area contributed by atoms with Crippen LogP contribution in [-0.4, -0.2) is 9.97 Å². The molecule has 2 aromatic rings. The molecule has 0 amide bonds. The molecule has 0 radical (unpaired) electrons. The number of rotatable bonds is 1. The van der Waals surface area contributed by atoms with Crippen molar-refractivity contribution in [3.63, 3.8) is 0 Å². The van der Waals surface area contributed by atoms with E-state index in [1.165, 1.54) is 0 Å². The average molecular weight is 182 g/mol. The number of hydrogen-bond acceptors (Lipinski definition) is 3. The molecule has 0 fully saturated rings. The second kappa shape index (κ2) is 2.71. The van der Waals surface area contributed by atoms with Crippen molar-refractivity contribution in [1.82, 2.24) is 9.97 Å². The van der Waals surface area contributed by atoms with Gasteiger partial charge in [0.1, 0.15) is 10.0 Å². The van der Waals surface area contributed by atoms with Crippen LogP contribution in [0.5, 0.6) is 0 Å². The van der Waals surface area contributed by atoms with Gasteiger partial charge < -0.3 is 4.98 Å². The topological polar surface area (TPSA) is 28.7 Å². The number of aromatic nitrogens is 2. The number of nitrogens with one attached hydrogen (secondary N) is 1. The predicted octanol–water partition coefficient (Wildman–Crippen LogP) is 2.43. The van der Waals surface area contributed by atoms with Crippen LogP contribution in [0.2, 0.25) is 0 Å². The Morgan fingerprint density at radius 2 is 2.45 bits per heavy atom. The highest BCUT2D eigenvalue weighted by Gasteiger charge is 2.01. The first-order chi connectivity index (χ1) is 5.36. The molecule has 4 heteroatoms. The molecule has 0 aromatic carbocycles. The van der Waals surface area contributed by atoms with Gasteiger partial charge in [0.2, 0.25) is 0 Å². The molecule has 0 saturated heterocycles. The van der Waals surface area contributed by atoms with Crippen LogP contribution in [0, 0.1) is 0 Å². The summed E-state index contributed by atoms with van der Waals surface area (Å²) in [5, 5.41) is 3.68. The Labute approximate surface area is 73.7 Å². The fourth-order valence-electron chi connectivity index (χ4n) is 0.852. The van der Waals surface area contributed by atoms with Crippen molar-refractivity contribution in [3.8, 4) is 10.7 Å². The molecule has 11 heavy (non-hydrogen) atoms. The first-order valence-corrected chi connectivity index (χ1v) is 4.47. The third kappa shape index (κ3) is 1.32. The molecule has 1 N–H and O–H groups in total.